The van der Waals surface area contributed by atoms with Gasteiger partial charge in [-0.15, -0.1) is 0 Å². The van der Waals surface area contributed by atoms with E-state index in [2.05, 4.69) is 5.32 Å². The minimum Gasteiger partial charge on any atom is -0.480 e. The Labute approximate surface area is 122 Å². The van der Waals surface area contributed by atoms with Gasteiger partial charge in [0.1, 0.15) is 6.04 Å². The fraction of sp³-hybridized carbons (Fsp3) is 0.429. The molecule has 7 nitrogen and oxygen atoms in total. The first-order valence-corrected chi connectivity index (χ1v) is 6.51. The molecule has 0 aromatic heterocycles. The molecule has 7 heteroatoms. The number of rotatable bonds is 6. The fourth-order valence-corrected chi connectivity index (χ4v) is 1.88. The number of carboxylic acids is 1. The summed E-state index contributed by atoms with van der Waals surface area (Å²) < 4.78 is 0. The van der Waals surface area contributed by atoms with Gasteiger partial charge in [0, 0.05) is 17.2 Å². The Morgan fingerprint density at radius 2 is 2.00 bits per heavy atom. The van der Waals surface area contributed by atoms with E-state index in [9.17, 15) is 19.7 Å². The van der Waals surface area contributed by atoms with Crippen molar-refractivity contribution in [2.45, 2.75) is 33.2 Å². The zero-order valence-corrected chi connectivity index (χ0v) is 12.1. The van der Waals surface area contributed by atoms with Crippen LogP contribution in [-0.2, 0) is 4.79 Å². The Morgan fingerprint density at radius 3 is 2.48 bits per heavy atom. The normalized spacial score (nSPS) is 12.0. The molecule has 1 aromatic rings. The summed E-state index contributed by atoms with van der Waals surface area (Å²) in [5.41, 5.74) is 0.342. The van der Waals surface area contributed by atoms with E-state index in [-0.39, 0.29) is 23.6 Å². The van der Waals surface area contributed by atoms with Crippen LogP contribution < -0.4 is 5.32 Å². The SMILES string of the molecule is Cc1ccc(C(=O)N[C@H](CC(C)C)C(=O)O)cc1[N+](=O)[O-]. The summed E-state index contributed by atoms with van der Waals surface area (Å²) in [6.07, 6.45) is 0.287. The Balaban J connectivity index is 2.95. The molecule has 0 unspecified atom stereocenters. The first kappa shape index (κ1) is 16.6. The lowest BCUT2D eigenvalue weighted by atomic mass is 10.0. The largest absolute Gasteiger partial charge is 0.480 e. The molecule has 2 N–H and O–H groups in total. The number of nitrogens with zero attached hydrogens (tertiary/aromatic N) is 1. The van der Waals surface area contributed by atoms with Crippen molar-refractivity contribution in [1.29, 1.82) is 0 Å². The van der Waals surface area contributed by atoms with Crippen molar-refractivity contribution in [2.24, 2.45) is 5.92 Å². The van der Waals surface area contributed by atoms with Gasteiger partial charge in [-0.3, -0.25) is 14.9 Å². The van der Waals surface area contributed by atoms with Gasteiger partial charge in [0.05, 0.1) is 4.92 Å². The lowest BCUT2D eigenvalue weighted by molar-refractivity contribution is -0.385. The Kier molecular flexibility index (Phi) is 5.40. The molecule has 21 heavy (non-hydrogen) atoms. The number of carboxylic acid groups (broad SMARTS) is 1. The zero-order valence-electron chi connectivity index (χ0n) is 12.1. The van der Waals surface area contributed by atoms with Gasteiger partial charge in [-0.05, 0) is 25.3 Å². The molecule has 1 amide bonds. The van der Waals surface area contributed by atoms with Crippen molar-refractivity contribution in [2.75, 3.05) is 0 Å². The van der Waals surface area contributed by atoms with Crippen LogP contribution in [0.1, 0.15) is 36.2 Å². The highest BCUT2D eigenvalue weighted by Gasteiger charge is 2.23. The third-order valence-corrected chi connectivity index (χ3v) is 2.98. The summed E-state index contributed by atoms with van der Waals surface area (Å²) in [6, 6.07) is 3.04. The number of benzene rings is 1. The molecule has 0 heterocycles. The third kappa shape index (κ3) is 4.55. The van der Waals surface area contributed by atoms with E-state index in [1.807, 2.05) is 13.8 Å². The summed E-state index contributed by atoms with van der Waals surface area (Å²) >= 11 is 0. The van der Waals surface area contributed by atoms with E-state index in [4.69, 9.17) is 5.11 Å². The predicted octanol–water partition coefficient (Wildman–Crippen LogP) is 2.13. The number of nitro groups is 1. The van der Waals surface area contributed by atoms with E-state index in [0.29, 0.717) is 5.56 Å². The van der Waals surface area contributed by atoms with Crippen molar-refractivity contribution >= 4 is 17.6 Å². The number of nitrogens with one attached hydrogen (secondary N) is 1. The van der Waals surface area contributed by atoms with Gasteiger partial charge in [-0.1, -0.05) is 19.9 Å². The van der Waals surface area contributed by atoms with Crippen LogP contribution in [0.4, 0.5) is 5.69 Å². The van der Waals surface area contributed by atoms with Crippen LogP contribution in [0.5, 0.6) is 0 Å². The van der Waals surface area contributed by atoms with E-state index in [1.165, 1.54) is 12.1 Å². The fourth-order valence-electron chi connectivity index (χ4n) is 1.88. The van der Waals surface area contributed by atoms with Crippen LogP contribution in [-0.4, -0.2) is 27.9 Å². The molecule has 0 spiro atoms. The molecule has 0 aliphatic rings. The maximum Gasteiger partial charge on any atom is 0.326 e. The zero-order chi connectivity index (χ0) is 16.2. The number of carbonyl (C=O) groups is 2. The molecule has 0 radical (unpaired) electrons. The number of aryl methyl sites for hydroxylation is 1. The molecular formula is C14H18N2O5. The maximum atomic E-state index is 12.0. The van der Waals surface area contributed by atoms with Gasteiger partial charge in [0.25, 0.3) is 11.6 Å². The molecule has 1 aromatic carbocycles. The number of carbonyl (C=O) groups excluding carboxylic acids is 1. The van der Waals surface area contributed by atoms with Gasteiger partial charge in [0.2, 0.25) is 0 Å². The second kappa shape index (κ2) is 6.83. The van der Waals surface area contributed by atoms with Crippen LogP contribution in [0.15, 0.2) is 18.2 Å². The van der Waals surface area contributed by atoms with Gasteiger partial charge in [-0.2, -0.15) is 0 Å². The lowest BCUT2D eigenvalue weighted by Crippen LogP contribution is -2.41. The smallest absolute Gasteiger partial charge is 0.326 e. The molecule has 0 aliphatic carbocycles. The topological polar surface area (TPSA) is 110 Å². The molecule has 0 fully saturated rings. The number of hydrogen-bond acceptors (Lipinski definition) is 4. The quantitative estimate of drug-likeness (QED) is 0.617. The summed E-state index contributed by atoms with van der Waals surface area (Å²) in [7, 11) is 0. The average Bonchev–Trinajstić information content (AvgIpc) is 2.37. The van der Waals surface area contributed by atoms with Crippen molar-refractivity contribution in [1.82, 2.24) is 5.32 Å². The predicted molar refractivity (Wildman–Crippen MR) is 76.2 cm³/mol. The minimum atomic E-state index is -1.13. The standard InChI is InChI=1S/C14H18N2O5/c1-8(2)6-11(14(18)19)15-13(17)10-5-4-9(3)12(7-10)16(20)21/h4-5,7-8,11H,6H2,1-3H3,(H,15,17)(H,18,19)/t11-/m1/s1. The van der Waals surface area contributed by atoms with Crippen LogP contribution in [0.2, 0.25) is 0 Å². The Hall–Kier alpha value is -2.44. The Morgan fingerprint density at radius 1 is 1.38 bits per heavy atom. The molecular weight excluding hydrogens is 276 g/mol. The van der Waals surface area contributed by atoms with E-state index in [0.717, 1.165) is 6.07 Å². The van der Waals surface area contributed by atoms with E-state index < -0.39 is 22.8 Å². The van der Waals surface area contributed by atoms with Gasteiger partial charge < -0.3 is 10.4 Å². The maximum absolute atomic E-state index is 12.0. The van der Waals surface area contributed by atoms with Crippen molar-refractivity contribution in [3.8, 4) is 0 Å². The first-order valence-electron chi connectivity index (χ1n) is 6.51. The van der Waals surface area contributed by atoms with Gasteiger partial charge in [0.15, 0.2) is 0 Å². The van der Waals surface area contributed by atoms with Crippen LogP contribution in [0.25, 0.3) is 0 Å². The molecule has 0 aliphatic heterocycles. The highest BCUT2D eigenvalue weighted by Crippen LogP contribution is 2.19. The average molecular weight is 294 g/mol. The van der Waals surface area contributed by atoms with Crippen molar-refractivity contribution in [3.05, 3.63) is 39.4 Å². The number of aliphatic carboxylic acids is 1. The van der Waals surface area contributed by atoms with E-state index in [1.54, 1.807) is 6.92 Å². The van der Waals surface area contributed by atoms with Crippen LogP contribution in [0, 0.1) is 23.0 Å². The molecule has 114 valence electrons. The monoisotopic (exact) mass is 294 g/mol. The van der Waals surface area contributed by atoms with Crippen LogP contribution >= 0.6 is 0 Å². The summed E-state index contributed by atoms with van der Waals surface area (Å²) in [6.45, 7) is 5.26. The second-order valence-corrected chi connectivity index (χ2v) is 5.25. The third-order valence-electron chi connectivity index (χ3n) is 2.98. The molecule has 1 rings (SSSR count). The van der Waals surface area contributed by atoms with E-state index >= 15 is 0 Å². The number of hydrogen-bond donors (Lipinski definition) is 2. The lowest BCUT2D eigenvalue weighted by Gasteiger charge is -2.16. The molecule has 0 bridgehead atoms. The first-order chi connectivity index (χ1) is 9.72. The van der Waals surface area contributed by atoms with Gasteiger partial charge >= 0.3 is 5.97 Å². The second-order valence-electron chi connectivity index (χ2n) is 5.25. The number of nitro benzene ring substituents is 1. The summed E-state index contributed by atoms with van der Waals surface area (Å²) in [5, 5.41) is 22.3. The summed E-state index contributed by atoms with van der Waals surface area (Å²) in [4.78, 5) is 33.4. The van der Waals surface area contributed by atoms with Crippen LogP contribution in [0.3, 0.4) is 0 Å². The van der Waals surface area contributed by atoms with Gasteiger partial charge in [-0.25, -0.2) is 4.79 Å². The minimum absolute atomic E-state index is 0.0716. The van der Waals surface area contributed by atoms with Crippen molar-refractivity contribution in [3.63, 3.8) is 0 Å². The summed E-state index contributed by atoms with van der Waals surface area (Å²) in [5.74, 6) is -1.66. The molecule has 0 saturated carbocycles. The Bertz CT molecular complexity index is 568. The highest BCUT2D eigenvalue weighted by atomic mass is 16.6. The molecule has 1 atom stereocenters. The molecule has 0 saturated heterocycles. The number of amides is 1. The highest BCUT2D eigenvalue weighted by molar-refractivity contribution is 5.97. The van der Waals surface area contributed by atoms with Crippen molar-refractivity contribution < 1.29 is 19.6 Å².